The lowest BCUT2D eigenvalue weighted by Gasteiger charge is -2.13. The van der Waals surface area contributed by atoms with Crippen LogP contribution in [0.4, 0.5) is 5.82 Å². The first-order valence-corrected chi connectivity index (χ1v) is 8.22. The Hall–Kier alpha value is -2.48. The minimum absolute atomic E-state index is 0.197. The van der Waals surface area contributed by atoms with Gasteiger partial charge < -0.3 is 5.32 Å². The fourth-order valence-electron chi connectivity index (χ4n) is 2.55. The van der Waals surface area contributed by atoms with E-state index in [1.54, 1.807) is 24.3 Å². The van der Waals surface area contributed by atoms with Crippen molar-refractivity contribution < 1.29 is 14.4 Å². The number of aromatic nitrogens is 2. The van der Waals surface area contributed by atoms with E-state index in [0.717, 1.165) is 10.2 Å². The number of carbonyl (C=O) groups excluding carboxylic acids is 3. The summed E-state index contributed by atoms with van der Waals surface area (Å²) in [6, 6.07) is 6.72. The molecule has 0 bridgehead atoms. The standard InChI is InChI=1S/C16H15BrN4O3/c1-9-7-13(20-19-9)18-14(22)3-2-6-21-15(23)11-5-4-10(17)8-12(11)16(21)24/h4-5,7-8H,2-3,6H2,1H3,(H2,18,19,20,22). The summed E-state index contributed by atoms with van der Waals surface area (Å²) in [7, 11) is 0. The number of aryl methyl sites for hydroxylation is 1. The highest BCUT2D eigenvalue weighted by atomic mass is 79.9. The highest BCUT2D eigenvalue weighted by Gasteiger charge is 2.35. The Morgan fingerprint density at radius 1 is 1.25 bits per heavy atom. The summed E-state index contributed by atoms with van der Waals surface area (Å²) in [6.07, 6.45) is 0.588. The lowest BCUT2D eigenvalue weighted by atomic mass is 10.1. The first-order valence-electron chi connectivity index (χ1n) is 7.43. The fourth-order valence-corrected chi connectivity index (χ4v) is 2.91. The van der Waals surface area contributed by atoms with Crippen LogP contribution >= 0.6 is 15.9 Å². The van der Waals surface area contributed by atoms with E-state index in [0.29, 0.717) is 23.4 Å². The van der Waals surface area contributed by atoms with Crippen molar-refractivity contribution in [2.75, 3.05) is 11.9 Å². The van der Waals surface area contributed by atoms with Crippen molar-refractivity contribution in [3.8, 4) is 0 Å². The van der Waals surface area contributed by atoms with Crippen LogP contribution in [0, 0.1) is 6.92 Å². The van der Waals surface area contributed by atoms with Gasteiger partial charge in [-0.05, 0) is 31.5 Å². The largest absolute Gasteiger partial charge is 0.309 e. The third kappa shape index (κ3) is 3.23. The Morgan fingerprint density at radius 3 is 2.71 bits per heavy atom. The Kier molecular flexibility index (Phi) is 4.48. The minimum Gasteiger partial charge on any atom is -0.309 e. The van der Waals surface area contributed by atoms with Crippen LogP contribution in [0.3, 0.4) is 0 Å². The average Bonchev–Trinajstić information content (AvgIpc) is 3.04. The molecule has 1 aromatic carbocycles. The molecule has 0 unspecified atom stereocenters. The van der Waals surface area contributed by atoms with Crippen molar-refractivity contribution in [2.45, 2.75) is 19.8 Å². The van der Waals surface area contributed by atoms with Crippen molar-refractivity contribution in [1.82, 2.24) is 15.1 Å². The zero-order valence-corrected chi connectivity index (χ0v) is 14.5. The van der Waals surface area contributed by atoms with E-state index in [-0.39, 0.29) is 30.7 Å². The number of amides is 3. The number of benzene rings is 1. The Bertz CT molecular complexity index is 830. The molecule has 124 valence electrons. The maximum atomic E-state index is 12.3. The molecule has 2 aromatic rings. The van der Waals surface area contributed by atoms with Gasteiger partial charge in [0.1, 0.15) is 0 Å². The van der Waals surface area contributed by atoms with E-state index in [9.17, 15) is 14.4 Å². The topological polar surface area (TPSA) is 95.2 Å². The molecular weight excluding hydrogens is 376 g/mol. The molecule has 3 rings (SSSR count). The molecule has 0 fully saturated rings. The highest BCUT2D eigenvalue weighted by molar-refractivity contribution is 9.10. The van der Waals surface area contributed by atoms with Gasteiger partial charge in [-0.3, -0.25) is 24.4 Å². The second kappa shape index (κ2) is 6.56. The number of H-pyrrole nitrogens is 1. The molecule has 24 heavy (non-hydrogen) atoms. The van der Waals surface area contributed by atoms with Gasteiger partial charge in [-0.2, -0.15) is 5.10 Å². The summed E-state index contributed by atoms with van der Waals surface area (Å²) in [5.74, 6) is -0.380. The van der Waals surface area contributed by atoms with Crippen LogP contribution in [0.5, 0.6) is 0 Å². The molecule has 0 aliphatic carbocycles. The Morgan fingerprint density at radius 2 is 2.00 bits per heavy atom. The average molecular weight is 391 g/mol. The molecule has 0 radical (unpaired) electrons. The number of fused-ring (bicyclic) bond motifs is 1. The molecule has 2 heterocycles. The molecule has 0 spiro atoms. The van der Waals surface area contributed by atoms with E-state index >= 15 is 0 Å². The molecule has 8 heteroatoms. The lowest BCUT2D eigenvalue weighted by Crippen LogP contribution is -2.31. The quantitative estimate of drug-likeness (QED) is 0.766. The van der Waals surface area contributed by atoms with Gasteiger partial charge in [0.25, 0.3) is 11.8 Å². The Balaban J connectivity index is 1.55. The van der Waals surface area contributed by atoms with E-state index in [2.05, 4.69) is 31.4 Å². The molecule has 2 N–H and O–H groups in total. The molecular formula is C16H15BrN4O3. The van der Waals surface area contributed by atoms with Gasteiger partial charge in [0.05, 0.1) is 11.1 Å². The predicted octanol–water partition coefficient (Wildman–Crippen LogP) is 2.50. The van der Waals surface area contributed by atoms with Crippen molar-refractivity contribution in [3.63, 3.8) is 0 Å². The highest BCUT2D eigenvalue weighted by Crippen LogP contribution is 2.26. The second-order valence-corrected chi connectivity index (χ2v) is 6.46. The molecule has 1 aliphatic heterocycles. The van der Waals surface area contributed by atoms with Crippen LogP contribution in [0.2, 0.25) is 0 Å². The first-order chi connectivity index (χ1) is 11.5. The van der Waals surface area contributed by atoms with E-state index in [4.69, 9.17) is 0 Å². The fraction of sp³-hybridized carbons (Fsp3) is 0.250. The first kappa shape index (κ1) is 16.4. The number of anilines is 1. The van der Waals surface area contributed by atoms with E-state index in [1.807, 2.05) is 6.92 Å². The van der Waals surface area contributed by atoms with Gasteiger partial charge in [0, 0.05) is 29.2 Å². The second-order valence-electron chi connectivity index (χ2n) is 5.54. The minimum atomic E-state index is -0.320. The zero-order chi connectivity index (χ0) is 17.3. The van der Waals surface area contributed by atoms with E-state index in [1.165, 1.54) is 4.90 Å². The van der Waals surface area contributed by atoms with Crippen LogP contribution in [0.1, 0.15) is 39.3 Å². The van der Waals surface area contributed by atoms with Gasteiger partial charge >= 0.3 is 0 Å². The summed E-state index contributed by atoms with van der Waals surface area (Å²) in [4.78, 5) is 37.6. The van der Waals surface area contributed by atoms with Gasteiger partial charge in [-0.25, -0.2) is 0 Å². The zero-order valence-electron chi connectivity index (χ0n) is 12.9. The molecule has 0 saturated heterocycles. The van der Waals surface area contributed by atoms with Crippen molar-refractivity contribution >= 4 is 39.5 Å². The molecule has 7 nitrogen and oxygen atoms in total. The van der Waals surface area contributed by atoms with Crippen molar-refractivity contribution in [3.05, 3.63) is 45.6 Å². The molecule has 3 amide bonds. The number of aromatic amines is 1. The number of nitrogens with one attached hydrogen (secondary N) is 2. The lowest BCUT2D eigenvalue weighted by molar-refractivity contribution is -0.116. The van der Waals surface area contributed by atoms with Crippen LogP contribution in [-0.4, -0.2) is 39.4 Å². The number of halogens is 1. The smallest absolute Gasteiger partial charge is 0.261 e. The van der Waals surface area contributed by atoms with Gasteiger partial charge in [-0.1, -0.05) is 15.9 Å². The van der Waals surface area contributed by atoms with Crippen LogP contribution in [-0.2, 0) is 4.79 Å². The third-order valence-electron chi connectivity index (χ3n) is 3.69. The van der Waals surface area contributed by atoms with Crippen LogP contribution < -0.4 is 5.32 Å². The summed E-state index contributed by atoms with van der Waals surface area (Å²) < 4.78 is 0.748. The maximum absolute atomic E-state index is 12.3. The van der Waals surface area contributed by atoms with Crippen LogP contribution in [0.15, 0.2) is 28.7 Å². The monoisotopic (exact) mass is 390 g/mol. The number of hydrogen-bond donors (Lipinski definition) is 2. The normalized spacial score (nSPS) is 13.3. The maximum Gasteiger partial charge on any atom is 0.261 e. The SMILES string of the molecule is Cc1cc(NC(=O)CCCN2C(=O)c3ccc(Br)cc3C2=O)n[nH]1. The van der Waals surface area contributed by atoms with Gasteiger partial charge in [-0.15, -0.1) is 0 Å². The molecule has 1 aliphatic rings. The summed E-state index contributed by atoms with van der Waals surface area (Å²) >= 11 is 3.29. The Labute approximate surface area is 146 Å². The molecule has 0 saturated carbocycles. The summed E-state index contributed by atoms with van der Waals surface area (Å²) in [5, 5.41) is 9.31. The number of nitrogens with zero attached hydrogens (tertiary/aromatic N) is 2. The number of imide groups is 1. The van der Waals surface area contributed by atoms with Crippen molar-refractivity contribution in [2.24, 2.45) is 0 Å². The number of hydrogen-bond acceptors (Lipinski definition) is 4. The van der Waals surface area contributed by atoms with E-state index < -0.39 is 0 Å². The number of carbonyl (C=O) groups is 3. The summed E-state index contributed by atoms with van der Waals surface area (Å²) in [5.41, 5.74) is 1.65. The van der Waals surface area contributed by atoms with Gasteiger partial charge in [0.15, 0.2) is 5.82 Å². The number of rotatable bonds is 5. The molecule has 1 aromatic heterocycles. The van der Waals surface area contributed by atoms with Gasteiger partial charge in [0.2, 0.25) is 5.91 Å². The third-order valence-corrected chi connectivity index (χ3v) is 4.18. The predicted molar refractivity (Wildman–Crippen MR) is 90.7 cm³/mol. The summed E-state index contributed by atoms with van der Waals surface area (Å²) in [6.45, 7) is 2.04. The van der Waals surface area contributed by atoms with Crippen LogP contribution in [0.25, 0.3) is 0 Å². The molecule has 0 atom stereocenters. The van der Waals surface area contributed by atoms with Crippen molar-refractivity contribution in [1.29, 1.82) is 0 Å².